The lowest BCUT2D eigenvalue weighted by Crippen LogP contribution is -2.21. The Labute approximate surface area is 201 Å². The van der Waals surface area contributed by atoms with Crippen LogP contribution >= 0.6 is 0 Å². The number of urea groups is 1. The highest BCUT2D eigenvalue weighted by Gasteiger charge is 2.14. The number of anilines is 3. The van der Waals surface area contributed by atoms with Gasteiger partial charge in [-0.05, 0) is 43.2 Å². The van der Waals surface area contributed by atoms with Gasteiger partial charge < -0.3 is 24.8 Å². The molecule has 5 rings (SSSR count). The molecular formula is C25H24FN7O2. The number of nitrogens with one attached hydrogen (secondary N) is 2. The van der Waals surface area contributed by atoms with E-state index in [1.807, 2.05) is 36.0 Å². The molecule has 0 spiro atoms. The van der Waals surface area contributed by atoms with Crippen molar-refractivity contribution in [2.75, 3.05) is 28.6 Å². The molecule has 0 saturated carbocycles. The Balaban J connectivity index is 1.27. The minimum Gasteiger partial charge on any atom is -0.439 e. The zero-order valence-electron chi connectivity index (χ0n) is 19.1. The van der Waals surface area contributed by atoms with E-state index in [0.29, 0.717) is 22.8 Å². The predicted molar refractivity (Wildman–Crippen MR) is 131 cm³/mol. The molecule has 2 N–H and O–H groups in total. The van der Waals surface area contributed by atoms with Crippen LogP contribution in [0.3, 0.4) is 0 Å². The van der Waals surface area contributed by atoms with Gasteiger partial charge in [0.1, 0.15) is 23.6 Å². The molecule has 4 aromatic rings. The van der Waals surface area contributed by atoms with Crippen molar-refractivity contribution in [2.24, 2.45) is 7.05 Å². The van der Waals surface area contributed by atoms with Crippen molar-refractivity contribution in [3.63, 3.8) is 0 Å². The van der Waals surface area contributed by atoms with Gasteiger partial charge in [-0.15, -0.1) is 0 Å². The maximum absolute atomic E-state index is 14.4. The van der Waals surface area contributed by atoms with Gasteiger partial charge in [0.2, 0.25) is 5.88 Å². The average molecular weight is 474 g/mol. The SMILES string of the molecule is Cn1cnc(-c2cc(Oc3ccc(F)c(NC(=O)Nc4cccc(N5CCCC5)c4)c3)ncn2)c1. The summed E-state index contributed by atoms with van der Waals surface area (Å²) in [5.41, 5.74) is 2.92. The summed E-state index contributed by atoms with van der Waals surface area (Å²) in [5, 5.41) is 5.31. The van der Waals surface area contributed by atoms with Crippen LogP contribution in [0, 0.1) is 5.82 Å². The van der Waals surface area contributed by atoms with E-state index in [0.717, 1.165) is 31.6 Å². The van der Waals surface area contributed by atoms with E-state index >= 15 is 0 Å². The number of aryl methyl sites for hydroxylation is 1. The molecule has 178 valence electrons. The molecule has 3 heterocycles. The third-order valence-corrected chi connectivity index (χ3v) is 5.59. The van der Waals surface area contributed by atoms with Gasteiger partial charge in [0.05, 0.1) is 17.7 Å². The number of amides is 2. The highest BCUT2D eigenvalue weighted by Crippen LogP contribution is 2.28. The predicted octanol–water partition coefficient (Wildman–Crippen LogP) is 5.05. The van der Waals surface area contributed by atoms with Crippen LogP contribution in [0.2, 0.25) is 0 Å². The number of halogens is 1. The number of hydrogen-bond acceptors (Lipinski definition) is 6. The highest BCUT2D eigenvalue weighted by atomic mass is 19.1. The second-order valence-electron chi connectivity index (χ2n) is 8.23. The lowest BCUT2D eigenvalue weighted by Gasteiger charge is -2.18. The minimum atomic E-state index is -0.588. The number of rotatable bonds is 6. The van der Waals surface area contributed by atoms with Gasteiger partial charge in [0.15, 0.2) is 0 Å². The zero-order valence-corrected chi connectivity index (χ0v) is 19.1. The van der Waals surface area contributed by atoms with E-state index in [-0.39, 0.29) is 11.6 Å². The molecule has 2 amide bonds. The van der Waals surface area contributed by atoms with E-state index < -0.39 is 11.8 Å². The normalized spacial score (nSPS) is 13.0. The van der Waals surface area contributed by atoms with E-state index in [9.17, 15) is 9.18 Å². The second kappa shape index (κ2) is 9.80. The Morgan fingerprint density at radius 1 is 1.00 bits per heavy atom. The maximum atomic E-state index is 14.4. The van der Waals surface area contributed by atoms with Crippen LogP contribution in [0.5, 0.6) is 11.6 Å². The van der Waals surface area contributed by atoms with Gasteiger partial charge in [0, 0.05) is 49.8 Å². The Morgan fingerprint density at radius 3 is 2.66 bits per heavy atom. The summed E-state index contributed by atoms with van der Waals surface area (Å²) in [6.07, 6.45) is 7.19. The first-order chi connectivity index (χ1) is 17.0. The van der Waals surface area contributed by atoms with Crippen molar-refractivity contribution in [3.05, 3.63) is 73.2 Å². The summed E-state index contributed by atoms with van der Waals surface area (Å²) in [7, 11) is 1.86. The Kier molecular flexibility index (Phi) is 6.25. The van der Waals surface area contributed by atoms with Crippen molar-refractivity contribution >= 4 is 23.1 Å². The first kappa shape index (κ1) is 22.3. The smallest absolute Gasteiger partial charge is 0.323 e. The summed E-state index contributed by atoms with van der Waals surface area (Å²) in [6.45, 7) is 2.01. The Morgan fingerprint density at radius 2 is 1.86 bits per heavy atom. The van der Waals surface area contributed by atoms with Crippen LogP contribution in [0.1, 0.15) is 12.8 Å². The quantitative estimate of drug-likeness (QED) is 0.407. The van der Waals surface area contributed by atoms with Gasteiger partial charge in [-0.2, -0.15) is 0 Å². The summed E-state index contributed by atoms with van der Waals surface area (Å²) >= 11 is 0. The Bertz CT molecular complexity index is 1350. The molecular weight excluding hydrogens is 449 g/mol. The van der Waals surface area contributed by atoms with E-state index in [1.54, 1.807) is 18.5 Å². The van der Waals surface area contributed by atoms with Crippen LogP contribution < -0.4 is 20.3 Å². The first-order valence-corrected chi connectivity index (χ1v) is 11.2. The van der Waals surface area contributed by atoms with Crippen molar-refractivity contribution in [1.82, 2.24) is 19.5 Å². The lowest BCUT2D eigenvalue weighted by atomic mass is 10.2. The van der Waals surface area contributed by atoms with E-state index in [1.165, 1.54) is 24.5 Å². The number of carbonyl (C=O) groups excluding carboxylic acids is 1. The van der Waals surface area contributed by atoms with Crippen LogP contribution in [-0.2, 0) is 7.05 Å². The van der Waals surface area contributed by atoms with Crippen molar-refractivity contribution in [2.45, 2.75) is 12.8 Å². The molecule has 0 radical (unpaired) electrons. The van der Waals surface area contributed by atoms with E-state index in [4.69, 9.17) is 4.74 Å². The second-order valence-corrected chi connectivity index (χ2v) is 8.23. The fourth-order valence-corrected chi connectivity index (χ4v) is 3.91. The molecule has 35 heavy (non-hydrogen) atoms. The number of imidazole rings is 1. The van der Waals surface area contributed by atoms with Crippen LogP contribution in [0.15, 0.2) is 67.4 Å². The first-order valence-electron chi connectivity index (χ1n) is 11.2. The van der Waals surface area contributed by atoms with Crippen molar-refractivity contribution in [3.8, 4) is 23.0 Å². The number of hydrogen-bond donors (Lipinski definition) is 2. The third kappa shape index (κ3) is 5.37. The zero-order chi connectivity index (χ0) is 24.2. The fraction of sp³-hybridized carbons (Fsp3) is 0.200. The number of aromatic nitrogens is 4. The molecule has 1 aliphatic rings. The van der Waals surface area contributed by atoms with Crippen molar-refractivity contribution < 1.29 is 13.9 Å². The van der Waals surface area contributed by atoms with Crippen LogP contribution in [-0.4, -0.2) is 38.6 Å². The maximum Gasteiger partial charge on any atom is 0.323 e. The monoisotopic (exact) mass is 473 g/mol. The van der Waals surface area contributed by atoms with Gasteiger partial charge in [-0.3, -0.25) is 0 Å². The molecule has 9 nitrogen and oxygen atoms in total. The number of carbonyl (C=O) groups is 1. The summed E-state index contributed by atoms with van der Waals surface area (Å²) in [6, 6.07) is 12.8. The van der Waals surface area contributed by atoms with Gasteiger partial charge in [0.25, 0.3) is 0 Å². The van der Waals surface area contributed by atoms with Crippen LogP contribution in [0.25, 0.3) is 11.4 Å². The summed E-state index contributed by atoms with van der Waals surface area (Å²) in [5.74, 6) is -0.0139. The average Bonchev–Trinajstić information content (AvgIpc) is 3.54. The Hall–Kier alpha value is -4.47. The van der Waals surface area contributed by atoms with Crippen molar-refractivity contribution in [1.29, 1.82) is 0 Å². The summed E-state index contributed by atoms with van der Waals surface area (Å²) < 4.78 is 22.0. The molecule has 2 aromatic carbocycles. The molecule has 0 unspecified atom stereocenters. The molecule has 1 aliphatic heterocycles. The van der Waals surface area contributed by atoms with Crippen LogP contribution in [0.4, 0.5) is 26.2 Å². The van der Waals surface area contributed by atoms with E-state index in [2.05, 4.69) is 30.5 Å². The fourth-order valence-electron chi connectivity index (χ4n) is 3.91. The van der Waals surface area contributed by atoms with Gasteiger partial charge in [-0.1, -0.05) is 6.07 Å². The topological polar surface area (TPSA) is 97.2 Å². The molecule has 1 fully saturated rings. The molecule has 0 bridgehead atoms. The molecule has 0 atom stereocenters. The standard InChI is InChI=1S/C25H24FN7O2/c1-32-14-23(29-16-32)22-13-24(28-15-27-22)35-19-7-8-20(26)21(12-19)31-25(34)30-17-5-4-6-18(11-17)33-9-2-3-10-33/h4-8,11-16H,2-3,9-10H2,1H3,(H2,30,31,34). The summed E-state index contributed by atoms with van der Waals surface area (Å²) in [4.78, 5) is 27.4. The largest absolute Gasteiger partial charge is 0.439 e. The third-order valence-electron chi connectivity index (χ3n) is 5.59. The lowest BCUT2D eigenvalue weighted by molar-refractivity contribution is 0.262. The molecule has 1 saturated heterocycles. The molecule has 2 aromatic heterocycles. The molecule has 0 aliphatic carbocycles. The minimum absolute atomic E-state index is 0.0188. The van der Waals surface area contributed by atoms with Gasteiger partial charge >= 0.3 is 6.03 Å². The molecule has 10 heteroatoms. The number of nitrogens with zero attached hydrogens (tertiary/aromatic N) is 5. The van der Waals surface area contributed by atoms with Gasteiger partial charge in [-0.25, -0.2) is 24.1 Å². The highest BCUT2D eigenvalue weighted by molar-refractivity contribution is 6.00. The number of benzene rings is 2. The number of ether oxygens (including phenoxy) is 1.